The summed E-state index contributed by atoms with van der Waals surface area (Å²) in [5.74, 6) is 2.79. The molecule has 138 valence electrons. The second-order valence-electron chi connectivity index (χ2n) is 6.02. The molecule has 0 saturated carbocycles. The van der Waals surface area contributed by atoms with Gasteiger partial charge in [0, 0.05) is 34.4 Å². The standard InChI is InChI=1S/C23H19N3O2/c1-3-12-26-16-18(21-10-5-6-11-22(21)26)13-17(15-24)23(27)25-19-8-7-9-20(14-19)28-4-2/h1,5-11,13-14,16H,4,12H2,2H3,(H,25,27)/b17-13+. The van der Waals surface area contributed by atoms with E-state index in [1.807, 2.05) is 48.0 Å². The van der Waals surface area contributed by atoms with Crippen molar-refractivity contribution >= 4 is 28.6 Å². The van der Waals surface area contributed by atoms with Crippen LogP contribution in [0.5, 0.6) is 5.75 Å². The summed E-state index contributed by atoms with van der Waals surface area (Å²) in [6.45, 7) is 2.83. The average molecular weight is 369 g/mol. The molecule has 1 aromatic heterocycles. The monoisotopic (exact) mass is 369 g/mol. The Bertz CT molecular complexity index is 1130. The van der Waals surface area contributed by atoms with Gasteiger partial charge in [0.15, 0.2) is 0 Å². The van der Waals surface area contributed by atoms with Crippen LogP contribution in [0, 0.1) is 23.7 Å². The van der Waals surface area contributed by atoms with E-state index in [9.17, 15) is 10.1 Å². The lowest BCUT2D eigenvalue weighted by molar-refractivity contribution is -0.112. The van der Waals surface area contributed by atoms with Crippen molar-refractivity contribution in [1.29, 1.82) is 5.26 Å². The molecule has 3 aromatic rings. The van der Waals surface area contributed by atoms with E-state index in [2.05, 4.69) is 11.2 Å². The number of nitrogens with one attached hydrogen (secondary N) is 1. The largest absolute Gasteiger partial charge is 0.494 e. The zero-order valence-corrected chi connectivity index (χ0v) is 15.5. The molecular formula is C23H19N3O2. The lowest BCUT2D eigenvalue weighted by atomic mass is 10.1. The first-order valence-electron chi connectivity index (χ1n) is 8.83. The molecule has 0 aliphatic carbocycles. The summed E-state index contributed by atoms with van der Waals surface area (Å²) in [7, 11) is 0. The lowest BCUT2D eigenvalue weighted by Crippen LogP contribution is -2.13. The predicted molar refractivity (Wildman–Crippen MR) is 111 cm³/mol. The molecule has 0 unspecified atom stereocenters. The van der Waals surface area contributed by atoms with Crippen LogP contribution in [-0.4, -0.2) is 17.1 Å². The van der Waals surface area contributed by atoms with E-state index in [0.29, 0.717) is 24.6 Å². The van der Waals surface area contributed by atoms with Crippen LogP contribution in [0.2, 0.25) is 0 Å². The van der Waals surface area contributed by atoms with Crippen molar-refractivity contribution in [2.75, 3.05) is 11.9 Å². The number of hydrogen-bond acceptors (Lipinski definition) is 3. The maximum absolute atomic E-state index is 12.6. The summed E-state index contributed by atoms with van der Waals surface area (Å²) in [6.07, 6.45) is 8.88. The Hall–Kier alpha value is -3.96. The van der Waals surface area contributed by atoms with E-state index in [1.165, 1.54) is 0 Å². The molecule has 5 heteroatoms. The van der Waals surface area contributed by atoms with Gasteiger partial charge >= 0.3 is 0 Å². The SMILES string of the molecule is C#CCn1cc(/C=C(\C#N)C(=O)Nc2cccc(OCC)c2)c2ccccc21. The van der Waals surface area contributed by atoms with E-state index in [-0.39, 0.29) is 5.57 Å². The third-order valence-corrected chi connectivity index (χ3v) is 4.15. The number of hydrogen-bond donors (Lipinski definition) is 1. The van der Waals surface area contributed by atoms with Gasteiger partial charge < -0.3 is 14.6 Å². The highest BCUT2D eigenvalue weighted by atomic mass is 16.5. The van der Waals surface area contributed by atoms with Crippen LogP contribution in [0.25, 0.3) is 17.0 Å². The topological polar surface area (TPSA) is 67.0 Å². The highest BCUT2D eigenvalue weighted by molar-refractivity contribution is 6.10. The van der Waals surface area contributed by atoms with Crippen LogP contribution in [0.1, 0.15) is 12.5 Å². The van der Waals surface area contributed by atoms with Crippen LogP contribution in [0.4, 0.5) is 5.69 Å². The van der Waals surface area contributed by atoms with Gasteiger partial charge in [0.2, 0.25) is 0 Å². The van der Waals surface area contributed by atoms with Crippen molar-refractivity contribution in [2.45, 2.75) is 13.5 Å². The number of nitriles is 1. The van der Waals surface area contributed by atoms with Gasteiger partial charge in [0.05, 0.1) is 13.2 Å². The molecule has 0 radical (unpaired) electrons. The minimum atomic E-state index is -0.482. The van der Waals surface area contributed by atoms with Crippen molar-refractivity contribution < 1.29 is 9.53 Å². The summed E-state index contributed by atoms with van der Waals surface area (Å²) in [5, 5.41) is 13.2. The fourth-order valence-electron chi connectivity index (χ4n) is 2.95. The number of terminal acetylenes is 1. The lowest BCUT2D eigenvalue weighted by Gasteiger charge is -2.07. The second-order valence-corrected chi connectivity index (χ2v) is 6.02. The van der Waals surface area contributed by atoms with E-state index in [4.69, 9.17) is 11.2 Å². The Balaban J connectivity index is 1.91. The van der Waals surface area contributed by atoms with Crippen molar-refractivity contribution in [1.82, 2.24) is 4.57 Å². The van der Waals surface area contributed by atoms with Crippen molar-refractivity contribution in [3.63, 3.8) is 0 Å². The highest BCUT2D eigenvalue weighted by Crippen LogP contribution is 2.24. The summed E-state index contributed by atoms with van der Waals surface area (Å²) >= 11 is 0. The number of nitrogens with zero attached hydrogens (tertiary/aromatic N) is 2. The third-order valence-electron chi connectivity index (χ3n) is 4.15. The maximum Gasteiger partial charge on any atom is 0.266 e. The molecular weight excluding hydrogens is 350 g/mol. The highest BCUT2D eigenvalue weighted by Gasteiger charge is 2.13. The number of aromatic nitrogens is 1. The molecule has 2 aromatic carbocycles. The van der Waals surface area contributed by atoms with Crippen LogP contribution in [0.15, 0.2) is 60.3 Å². The van der Waals surface area contributed by atoms with Gasteiger partial charge in [0.25, 0.3) is 5.91 Å². The summed E-state index contributed by atoms with van der Waals surface area (Å²) in [4.78, 5) is 12.6. The number of benzene rings is 2. The molecule has 0 saturated heterocycles. The zero-order chi connectivity index (χ0) is 19.9. The Morgan fingerprint density at radius 2 is 2.11 bits per heavy atom. The molecule has 5 nitrogen and oxygen atoms in total. The third kappa shape index (κ3) is 4.06. The van der Waals surface area contributed by atoms with E-state index in [1.54, 1.807) is 30.3 Å². The molecule has 3 rings (SSSR count). The number of rotatable bonds is 6. The fourth-order valence-corrected chi connectivity index (χ4v) is 2.95. The number of carbonyl (C=O) groups is 1. The first kappa shape index (κ1) is 18.8. The molecule has 28 heavy (non-hydrogen) atoms. The minimum Gasteiger partial charge on any atom is -0.494 e. The predicted octanol–water partition coefficient (Wildman–Crippen LogP) is 4.22. The van der Waals surface area contributed by atoms with Crippen molar-refractivity contribution in [3.8, 4) is 24.2 Å². The second kappa shape index (κ2) is 8.62. The number of anilines is 1. The molecule has 1 N–H and O–H groups in total. The molecule has 1 heterocycles. The number of fused-ring (bicyclic) bond motifs is 1. The van der Waals surface area contributed by atoms with Gasteiger partial charge in [-0.3, -0.25) is 4.79 Å². The maximum atomic E-state index is 12.6. The Morgan fingerprint density at radius 1 is 1.29 bits per heavy atom. The molecule has 0 aliphatic rings. The molecule has 0 atom stereocenters. The fraction of sp³-hybridized carbons (Fsp3) is 0.130. The van der Waals surface area contributed by atoms with Crippen molar-refractivity contribution in [2.24, 2.45) is 0 Å². The molecule has 0 fully saturated rings. The van der Waals surface area contributed by atoms with E-state index in [0.717, 1.165) is 16.5 Å². The molecule has 0 spiro atoms. The number of amides is 1. The molecule has 0 bridgehead atoms. The van der Waals surface area contributed by atoms with Crippen LogP contribution >= 0.6 is 0 Å². The number of para-hydroxylation sites is 1. The Morgan fingerprint density at radius 3 is 2.86 bits per heavy atom. The van der Waals surface area contributed by atoms with Gasteiger partial charge in [-0.2, -0.15) is 5.26 Å². The van der Waals surface area contributed by atoms with Gasteiger partial charge in [-0.05, 0) is 31.2 Å². The van der Waals surface area contributed by atoms with Gasteiger partial charge in [-0.15, -0.1) is 6.42 Å². The minimum absolute atomic E-state index is 0.00502. The van der Waals surface area contributed by atoms with Crippen LogP contribution < -0.4 is 10.1 Å². The van der Waals surface area contributed by atoms with Crippen molar-refractivity contribution in [3.05, 3.63) is 65.9 Å². The van der Waals surface area contributed by atoms with Gasteiger partial charge in [-0.1, -0.05) is 30.2 Å². The van der Waals surface area contributed by atoms with Crippen LogP contribution in [-0.2, 0) is 11.3 Å². The molecule has 0 aliphatic heterocycles. The first-order chi connectivity index (χ1) is 13.7. The smallest absolute Gasteiger partial charge is 0.266 e. The molecule has 1 amide bonds. The Kier molecular flexibility index (Phi) is 5.79. The summed E-state index contributed by atoms with van der Waals surface area (Å²) in [5.41, 5.74) is 2.28. The van der Waals surface area contributed by atoms with Gasteiger partial charge in [0.1, 0.15) is 17.4 Å². The summed E-state index contributed by atoms with van der Waals surface area (Å²) in [6, 6.07) is 16.8. The normalized spacial score (nSPS) is 10.9. The first-order valence-corrected chi connectivity index (χ1v) is 8.83. The zero-order valence-electron chi connectivity index (χ0n) is 15.5. The van der Waals surface area contributed by atoms with E-state index < -0.39 is 5.91 Å². The quantitative estimate of drug-likeness (QED) is 0.402. The number of carbonyl (C=O) groups excluding carboxylic acids is 1. The summed E-state index contributed by atoms with van der Waals surface area (Å²) < 4.78 is 7.35. The van der Waals surface area contributed by atoms with Gasteiger partial charge in [-0.25, -0.2) is 0 Å². The Labute approximate surface area is 163 Å². The number of ether oxygens (including phenoxy) is 1. The van der Waals surface area contributed by atoms with E-state index >= 15 is 0 Å². The average Bonchev–Trinajstić information content (AvgIpc) is 3.04. The van der Waals surface area contributed by atoms with Crippen LogP contribution in [0.3, 0.4) is 0 Å².